The SMILES string of the molecule is CSCCNC(=NCCCOCCOCc1ccccc1)NCCc1ccco1. The largest absolute Gasteiger partial charge is 0.469 e. The molecule has 0 aliphatic carbocycles. The Labute approximate surface area is 178 Å². The smallest absolute Gasteiger partial charge is 0.191 e. The molecule has 29 heavy (non-hydrogen) atoms. The van der Waals surface area contributed by atoms with Gasteiger partial charge in [-0.25, -0.2) is 0 Å². The van der Waals surface area contributed by atoms with Gasteiger partial charge in [0, 0.05) is 38.4 Å². The second kappa shape index (κ2) is 15.9. The van der Waals surface area contributed by atoms with Crippen LogP contribution in [-0.4, -0.2) is 57.4 Å². The topological polar surface area (TPSA) is 68.0 Å². The van der Waals surface area contributed by atoms with Crippen LogP contribution in [0.2, 0.25) is 0 Å². The molecule has 2 N–H and O–H groups in total. The normalized spacial score (nSPS) is 11.6. The summed E-state index contributed by atoms with van der Waals surface area (Å²) in [5.74, 6) is 2.87. The van der Waals surface area contributed by atoms with Crippen LogP contribution < -0.4 is 10.6 Å². The number of nitrogens with zero attached hydrogens (tertiary/aromatic N) is 1. The quantitative estimate of drug-likeness (QED) is 0.262. The fourth-order valence-electron chi connectivity index (χ4n) is 2.55. The molecule has 0 saturated carbocycles. The van der Waals surface area contributed by atoms with Gasteiger partial charge in [0.05, 0.1) is 26.1 Å². The zero-order chi connectivity index (χ0) is 20.4. The van der Waals surface area contributed by atoms with Crippen molar-refractivity contribution in [3.63, 3.8) is 0 Å². The van der Waals surface area contributed by atoms with E-state index in [0.717, 1.165) is 49.9 Å². The number of rotatable bonds is 15. The summed E-state index contributed by atoms with van der Waals surface area (Å²) in [5, 5.41) is 6.72. The van der Waals surface area contributed by atoms with Gasteiger partial charge in [-0.05, 0) is 30.4 Å². The molecule has 0 atom stereocenters. The summed E-state index contributed by atoms with van der Waals surface area (Å²) in [5.41, 5.74) is 1.18. The number of hydrogen-bond donors (Lipinski definition) is 2. The van der Waals surface area contributed by atoms with E-state index < -0.39 is 0 Å². The van der Waals surface area contributed by atoms with Crippen molar-refractivity contribution in [3.05, 3.63) is 60.1 Å². The van der Waals surface area contributed by atoms with Crippen molar-refractivity contribution >= 4 is 17.7 Å². The van der Waals surface area contributed by atoms with Crippen molar-refractivity contribution in [1.82, 2.24) is 10.6 Å². The highest BCUT2D eigenvalue weighted by molar-refractivity contribution is 7.98. The van der Waals surface area contributed by atoms with Crippen LogP contribution in [0.1, 0.15) is 17.7 Å². The fraction of sp³-hybridized carbons (Fsp3) is 0.500. The number of benzene rings is 1. The van der Waals surface area contributed by atoms with Crippen LogP contribution in [0, 0.1) is 0 Å². The van der Waals surface area contributed by atoms with E-state index in [0.29, 0.717) is 26.4 Å². The van der Waals surface area contributed by atoms with Crippen LogP contribution in [0.15, 0.2) is 58.1 Å². The van der Waals surface area contributed by atoms with Crippen LogP contribution in [0.3, 0.4) is 0 Å². The average Bonchev–Trinajstić information content (AvgIpc) is 3.26. The molecular weight excluding hydrogens is 386 g/mol. The lowest BCUT2D eigenvalue weighted by atomic mass is 10.2. The summed E-state index contributed by atoms with van der Waals surface area (Å²) >= 11 is 1.81. The summed E-state index contributed by atoms with van der Waals surface area (Å²) in [7, 11) is 0. The number of guanidine groups is 1. The second-order valence-electron chi connectivity index (χ2n) is 6.41. The Morgan fingerprint density at radius 2 is 1.83 bits per heavy atom. The molecule has 7 heteroatoms. The highest BCUT2D eigenvalue weighted by Crippen LogP contribution is 2.00. The third-order valence-corrected chi connectivity index (χ3v) is 4.66. The third-order valence-electron chi connectivity index (χ3n) is 4.04. The van der Waals surface area contributed by atoms with Crippen molar-refractivity contribution in [2.24, 2.45) is 4.99 Å². The number of aliphatic imine (C=N–C) groups is 1. The van der Waals surface area contributed by atoms with Gasteiger partial charge >= 0.3 is 0 Å². The molecule has 1 aromatic heterocycles. The van der Waals surface area contributed by atoms with Gasteiger partial charge in [0.1, 0.15) is 5.76 Å². The Hall–Kier alpha value is -1.96. The van der Waals surface area contributed by atoms with Crippen LogP contribution in [0.4, 0.5) is 0 Å². The monoisotopic (exact) mass is 419 g/mol. The number of ether oxygens (including phenoxy) is 2. The molecule has 0 aliphatic rings. The first kappa shape index (κ1) is 23.3. The summed E-state index contributed by atoms with van der Waals surface area (Å²) in [4.78, 5) is 4.63. The molecule has 6 nitrogen and oxygen atoms in total. The standard InChI is InChI=1S/C22H33N3O3S/c1-29-18-13-25-22(24-12-10-21-9-5-15-28-21)23-11-6-14-26-16-17-27-19-20-7-3-2-4-8-20/h2-5,7-9,15H,6,10-14,16-19H2,1H3,(H2,23,24,25). The van der Waals surface area contributed by atoms with Crippen molar-refractivity contribution in [1.29, 1.82) is 0 Å². The van der Waals surface area contributed by atoms with Gasteiger partial charge in [-0.15, -0.1) is 0 Å². The molecule has 0 saturated heterocycles. The maximum atomic E-state index is 5.63. The van der Waals surface area contributed by atoms with Crippen LogP contribution in [0.25, 0.3) is 0 Å². The molecule has 160 valence electrons. The molecule has 0 bridgehead atoms. The van der Waals surface area contributed by atoms with E-state index in [4.69, 9.17) is 13.9 Å². The van der Waals surface area contributed by atoms with E-state index >= 15 is 0 Å². The molecular formula is C22H33N3O3S. The van der Waals surface area contributed by atoms with Gasteiger partial charge in [-0.3, -0.25) is 4.99 Å². The predicted octanol–water partition coefficient (Wildman–Crippen LogP) is 3.34. The van der Waals surface area contributed by atoms with Gasteiger partial charge in [-0.2, -0.15) is 11.8 Å². The van der Waals surface area contributed by atoms with Gasteiger partial charge < -0.3 is 24.5 Å². The summed E-state index contributed by atoms with van der Waals surface area (Å²) in [6, 6.07) is 14.1. The molecule has 0 spiro atoms. The minimum absolute atomic E-state index is 0.605. The zero-order valence-corrected chi connectivity index (χ0v) is 18.1. The average molecular weight is 420 g/mol. The molecule has 2 rings (SSSR count). The second-order valence-corrected chi connectivity index (χ2v) is 7.40. The molecule has 0 aliphatic heterocycles. The maximum Gasteiger partial charge on any atom is 0.191 e. The van der Waals surface area contributed by atoms with Crippen LogP contribution >= 0.6 is 11.8 Å². The Bertz CT molecular complexity index is 651. The van der Waals surface area contributed by atoms with Gasteiger partial charge in [0.2, 0.25) is 0 Å². The van der Waals surface area contributed by atoms with Crippen LogP contribution in [-0.2, 0) is 22.5 Å². The fourth-order valence-corrected chi connectivity index (χ4v) is 2.85. The van der Waals surface area contributed by atoms with E-state index in [1.807, 2.05) is 42.1 Å². The lowest BCUT2D eigenvalue weighted by molar-refractivity contribution is 0.0403. The number of hydrogen-bond acceptors (Lipinski definition) is 5. The predicted molar refractivity (Wildman–Crippen MR) is 121 cm³/mol. The van der Waals surface area contributed by atoms with Crippen molar-refractivity contribution < 1.29 is 13.9 Å². The molecule has 2 aromatic rings. The molecule has 0 unspecified atom stereocenters. The first-order chi connectivity index (χ1) is 14.4. The summed E-state index contributed by atoms with van der Waals surface area (Å²) < 4.78 is 16.6. The zero-order valence-electron chi connectivity index (χ0n) is 17.3. The molecule has 1 aromatic carbocycles. The van der Waals surface area contributed by atoms with Crippen molar-refractivity contribution in [3.8, 4) is 0 Å². The highest BCUT2D eigenvalue weighted by atomic mass is 32.2. The Balaban J connectivity index is 1.53. The van der Waals surface area contributed by atoms with Crippen molar-refractivity contribution in [2.45, 2.75) is 19.4 Å². The Kier molecular flexibility index (Phi) is 12.8. The summed E-state index contributed by atoms with van der Waals surface area (Å²) in [6.07, 6.45) is 5.52. The minimum Gasteiger partial charge on any atom is -0.469 e. The number of thioether (sulfide) groups is 1. The van der Waals surface area contributed by atoms with Crippen molar-refractivity contribution in [2.75, 3.05) is 51.5 Å². The Morgan fingerprint density at radius 1 is 1.00 bits per heavy atom. The molecule has 0 amide bonds. The van der Waals surface area contributed by atoms with E-state index in [1.165, 1.54) is 5.56 Å². The van der Waals surface area contributed by atoms with E-state index in [-0.39, 0.29) is 0 Å². The van der Waals surface area contributed by atoms with Gasteiger partial charge in [0.25, 0.3) is 0 Å². The number of furan rings is 1. The third kappa shape index (κ3) is 11.6. The lowest BCUT2D eigenvalue weighted by Gasteiger charge is -2.12. The van der Waals surface area contributed by atoms with Crippen LogP contribution in [0.5, 0.6) is 0 Å². The number of nitrogens with one attached hydrogen (secondary N) is 2. The maximum absolute atomic E-state index is 5.63. The molecule has 0 radical (unpaired) electrons. The highest BCUT2D eigenvalue weighted by Gasteiger charge is 2.00. The first-order valence-electron chi connectivity index (χ1n) is 10.1. The van der Waals surface area contributed by atoms with Gasteiger partial charge in [-0.1, -0.05) is 30.3 Å². The van der Waals surface area contributed by atoms with E-state index in [1.54, 1.807) is 6.26 Å². The Morgan fingerprint density at radius 3 is 2.62 bits per heavy atom. The van der Waals surface area contributed by atoms with Gasteiger partial charge in [0.15, 0.2) is 5.96 Å². The molecule has 0 fully saturated rings. The van der Waals surface area contributed by atoms with E-state index in [2.05, 4.69) is 34.0 Å². The lowest BCUT2D eigenvalue weighted by Crippen LogP contribution is -2.39. The first-order valence-corrected chi connectivity index (χ1v) is 11.5. The minimum atomic E-state index is 0.605. The summed E-state index contributed by atoms with van der Waals surface area (Å²) in [6.45, 7) is 4.92. The van der Waals surface area contributed by atoms with E-state index in [9.17, 15) is 0 Å². The molecule has 1 heterocycles.